The van der Waals surface area contributed by atoms with Gasteiger partial charge in [0, 0.05) is 11.1 Å². The minimum Gasteiger partial charge on any atom is -0.489 e. The maximum atomic E-state index is 12.6. The lowest BCUT2D eigenvalue weighted by molar-refractivity contribution is -0.121. The number of Topliss-reactive ketones (excluding diaryl/α,β-unsaturated/α-hetero) is 2. The standard InChI is InChI=1S/C28H47O4/c1-5-6-7-8-9-10-11-12-13-14-15-16-17-18-19-20-21-22-24-23(2)25(29)27(31-3)28(32-4)26(24)30/h1,5-22H2,2-4H3. The molecule has 0 bridgehead atoms. The molecule has 0 aromatic heterocycles. The van der Waals surface area contributed by atoms with Crippen LogP contribution in [-0.2, 0) is 19.1 Å². The van der Waals surface area contributed by atoms with Gasteiger partial charge in [0.2, 0.25) is 23.1 Å². The number of allylic oxidation sites excluding steroid dienone is 2. The van der Waals surface area contributed by atoms with Crippen molar-refractivity contribution >= 4 is 11.6 Å². The fourth-order valence-electron chi connectivity index (χ4n) is 4.45. The summed E-state index contributed by atoms with van der Waals surface area (Å²) in [5, 5.41) is 0. The van der Waals surface area contributed by atoms with Crippen molar-refractivity contribution in [3.05, 3.63) is 29.6 Å². The highest BCUT2D eigenvalue weighted by atomic mass is 16.5. The summed E-state index contributed by atoms with van der Waals surface area (Å²) in [7, 11) is 2.80. The molecule has 183 valence electrons. The molecule has 4 nitrogen and oxygen atoms in total. The number of ether oxygens (including phenoxy) is 2. The van der Waals surface area contributed by atoms with Gasteiger partial charge in [-0.15, -0.1) is 0 Å². The molecule has 1 radical (unpaired) electrons. The van der Waals surface area contributed by atoms with Gasteiger partial charge >= 0.3 is 0 Å². The molecular weight excluding hydrogens is 400 g/mol. The van der Waals surface area contributed by atoms with Crippen LogP contribution in [0.25, 0.3) is 0 Å². The molecule has 0 spiro atoms. The van der Waals surface area contributed by atoms with E-state index in [9.17, 15) is 9.59 Å². The van der Waals surface area contributed by atoms with Gasteiger partial charge in [0.1, 0.15) is 0 Å². The fourth-order valence-corrected chi connectivity index (χ4v) is 4.45. The third-order valence-corrected chi connectivity index (χ3v) is 6.52. The van der Waals surface area contributed by atoms with Crippen molar-refractivity contribution in [1.82, 2.24) is 0 Å². The molecule has 0 N–H and O–H groups in total. The zero-order chi connectivity index (χ0) is 23.6. The molecule has 0 saturated heterocycles. The van der Waals surface area contributed by atoms with Crippen molar-refractivity contribution in [2.45, 2.75) is 122 Å². The Labute approximate surface area is 197 Å². The van der Waals surface area contributed by atoms with E-state index in [0.29, 0.717) is 17.6 Å². The van der Waals surface area contributed by atoms with Crippen molar-refractivity contribution in [1.29, 1.82) is 0 Å². The van der Waals surface area contributed by atoms with Crippen molar-refractivity contribution in [3.63, 3.8) is 0 Å². The van der Waals surface area contributed by atoms with Gasteiger partial charge in [-0.3, -0.25) is 9.59 Å². The predicted octanol–water partition coefficient (Wildman–Crippen LogP) is 7.81. The smallest absolute Gasteiger partial charge is 0.228 e. The molecule has 32 heavy (non-hydrogen) atoms. The Morgan fingerprint density at radius 3 is 1.28 bits per heavy atom. The summed E-state index contributed by atoms with van der Waals surface area (Å²) in [6.45, 7) is 5.61. The Morgan fingerprint density at radius 2 is 0.906 bits per heavy atom. The Hall–Kier alpha value is -1.58. The molecule has 4 heteroatoms. The minimum atomic E-state index is -0.233. The fraction of sp³-hybridized carbons (Fsp3) is 0.750. The lowest BCUT2D eigenvalue weighted by Crippen LogP contribution is -2.25. The molecule has 0 aromatic rings. The third kappa shape index (κ3) is 10.4. The first-order chi connectivity index (χ1) is 15.6. The SMILES string of the molecule is [CH2]CCCCCCCCCCCCCCCCCCC1=C(C)C(=O)C(OC)=C(OC)C1=O. The van der Waals surface area contributed by atoms with Gasteiger partial charge in [-0.2, -0.15) is 0 Å². The number of methoxy groups -OCH3 is 2. The molecule has 0 atom stereocenters. The van der Waals surface area contributed by atoms with E-state index in [-0.39, 0.29) is 23.1 Å². The highest BCUT2D eigenvalue weighted by Crippen LogP contribution is 2.28. The van der Waals surface area contributed by atoms with Crippen LogP contribution in [0.4, 0.5) is 0 Å². The first kappa shape index (κ1) is 28.5. The Balaban J connectivity index is 2.02. The Kier molecular flexibility index (Phi) is 15.9. The van der Waals surface area contributed by atoms with Crippen LogP contribution in [-0.4, -0.2) is 25.8 Å². The van der Waals surface area contributed by atoms with Gasteiger partial charge in [0.15, 0.2) is 0 Å². The zero-order valence-corrected chi connectivity index (χ0v) is 21.1. The van der Waals surface area contributed by atoms with E-state index in [0.717, 1.165) is 19.3 Å². The third-order valence-electron chi connectivity index (χ3n) is 6.52. The van der Waals surface area contributed by atoms with E-state index in [1.807, 2.05) is 0 Å². The Morgan fingerprint density at radius 1 is 0.562 bits per heavy atom. The van der Waals surface area contributed by atoms with E-state index >= 15 is 0 Å². The predicted molar refractivity (Wildman–Crippen MR) is 132 cm³/mol. The number of ketones is 2. The lowest BCUT2D eigenvalue weighted by Gasteiger charge is -2.20. The molecule has 1 rings (SSSR count). The van der Waals surface area contributed by atoms with Crippen LogP contribution in [0.5, 0.6) is 0 Å². The summed E-state index contributed by atoms with van der Waals surface area (Å²) in [5.41, 5.74) is 1.09. The first-order valence-electron chi connectivity index (χ1n) is 13.0. The van der Waals surface area contributed by atoms with Gasteiger partial charge in [0.25, 0.3) is 0 Å². The summed E-state index contributed by atoms with van der Waals surface area (Å²) in [5.74, 6) is -0.360. The van der Waals surface area contributed by atoms with E-state index in [1.165, 1.54) is 104 Å². The molecular formula is C28H47O4. The largest absolute Gasteiger partial charge is 0.489 e. The van der Waals surface area contributed by atoms with Crippen LogP contribution in [0.1, 0.15) is 122 Å². The second kappa shape index (κ2) is 17.9. The van der Waals surface area contributed by atoms with Crippen LogP contribution >= 0.6 is 0 Å². The summed E-state index contributed by atoms with van der Waals surface area (Å²) >= 11 is 0. The van der Waals surface area contributed by atoms with Crippen molar-refractivity contribution in [3.8, 4) is 0 Å². The van der Waals surface area contributed by atoms with Crippen LogP contribution in [0.15, 0.2) is 22.7 Å². The first-order valence-corrected chi connectivity index (χ1v) is 13.0. The average Bonchev–Trinajstić information content (AvgIpc) is 2.80. The monoisotopic (exact) mass is 447 g/mol. The molecule has 0 amide bonds. The second-order valence-electron chi connectivity index (χ2n) is 9.09. The van der Waals surface area contributed by atoms with Gasteiger partial charge in [-0.05, 0) is 19.8 Å². The number of carbonyl (C=O) groups excluding carboxylic acids is 2. The van der Waals surface area contributed by atoms with Crippen LogP contribution in [0, 0.1) is 6.92 Å². The highest BCUT2D eigenvalue weighted by Gasteiger charge is 2.34. The molecule has 0 saturated carbocycles. The van der Waals surface area contributed by atoms with Crippen LogP contribution in [0.3, 0.4) is 0 Å². The second-order valence-corrected chi connectivity index (χ2v) is 9.09. The number of unbranched alkanes of at least 4 members (excludes halogenated alkanes) is 16. The summed E-state index contributed by atoms with van der Waals surface area (Å²) < 4.78 is 10.2. The van der Waals surface area contributed by atoms with Gasteiger partial charge in [-0.1, -0.05) is 110 Å². The van der Waals surface area contributed by atoms with Crippen LogP contribution in [0.2, 0.25) is 0 Å². The maximum absolute atomic E-state index is 12.6. The summed E-state index contributed by atoms with van der Waals surface area (Å²) in [6.07, 6.45) is 22.6. The molecule has 0 heterocycles. The Bertz CT molecular complexity index is 615. The van der Waals surface area contributed by atoms with Gasteiger partial charge in [0.05, 0.1) is 14.2 Å². The van der Waals surface area contributed by atoms with Gasteiger partial charge in [-0.25, -0.2) is 0 Å². The topological polar surface area (TPSA) is 52.6 Å². The average molecular weight is 448 g/mol. The normalized spacial score (nSPS) is 14.5. The minimum absolute atomic E-state index is 0.0270. The molecule has 0 unspecified atom stereocenters. The number of hydrogen-bond donors (Lipinski definition) is 0. The number of rotatable bonds is 20. The molecule has 0 aliphatic heterocycles. The van der Waals surface area contributed by atoms with Crippen LogP contribution < -0.4 is 0 Å². The molecule has 1 aliphatic rings. The molecule has 0 fully saturated rings. The van der Waals surface area contributed by atoms with E-state index < -0.39 is 0 Å². The summed E-state index contributed by atoms with van der Waals surface area (Å²) in [6, 6.07) is 0. The van der Waals surface area contributed by atoms with Gasteiger partial charge < -0.3 is 9.47 Å². The van der Waals surface area contributed by atoms with Crippen molar-refractivity contribution in [2.75, 3.05) is 14.2 Å². The van der Waals surface area contributed by atoms with Crippen molar-refractivity contribution in [2.24, 2.45) is 0 Å². The summed E-state index contributed by atoms with van der Waals surface area (Å²) in [4.78, 5) is 25.0. The molecule has 0 aromatic carbocycles. The number of hydrogen-bond acceptors (Lipinski definition) is 4. The van der Waals surface area contributed by atoms with E-state index in [2.05, 4.69) is 6.92 Å². The zero-order valence-electron chi connectivity index (χ0n) is 21.1. The van der Waals surface area contributed by atoms with Crippen molar-refractivity contribution < 1.29 is 19.1 Å². The number of carbonyl (C=O) groups is 2. The highest BCUT2D eigenvalue weighted by molar-refractivity contribution is 6.23. The molecule has 1 aliphatic carbocycles. The van der Waals surface area contributed by atoms with E-state index in [1.54, 1.807) is 6.92 Å². The van der Waals surface area contributed by atoms with E-state index in [4.69, 9.17) is 9.47 Å². The lowest BCUT2D eigenvalue weighted by atomic mass is 9.89. The quantitative estimate of drug-likeness (QED) is 0.141. The maximum Gasteiger partial charge on any atom is 0.228 e.